The lowest BCUT2D eigenvalue weighted by atomic mass is 10.00. The average Bonchev–Trinajstić information content (AvgIpc) is 2.90. The van der Waals surface area contributed by atoms with Crippen molar-refractivity contribution in [2.75, 3.05) is 6.61 Å². The third-order valence-electron chi connectivity index (χ3n) is 4.02. The second-order valence-electron chi connectivity index (χ2n) is 5.35. The SMILES string of the molecule is O=c1cc(-c2cc(Cl)ccc2C(F)F)cc2n1[C@H](CO)CC2. The largest absolute Gasteiger partial charge is 0.394 e. The van der Waals surface area contributed by atoms with Crippen molar-refractivity contribution in [1.29, 1.82) is 0 Å². The van der Waals surface area contributed by atoms with Crippen LogP contribution < -0.4 is 5.56 Å². The first-order chi connectivity index (χ1) is 10.5. The Morgan fingerprint density at radius 2 is 2.09 bits per heavy atom. The molecule has 1 aliphatic heterocycles. The minimum Gasteiger partial charge on any atom is -0.394 e. The van der Waals surface area contributed by atoms with Crippen LogP contribution in [0.25, 0.3) is 11.1 Å². The molecule has 116 valence electrons. The lowest BCUT2D eigenvalue weighted by Crippen LogP contribution is -2.24. The van der Waals surface area contributed by atoms with Crippen molar-refractivity contribution < 1.29 is 13.9 Å². The molecule has 1 aromatic heterocycles. The second-order valence-corrected chi connectivity index (χ2v) is 5.79. The smallest absolute Gasteiger partial charge is 0.264 e. The quantitative estimate of drug-likeness (QED) is 0.937. The molecule has 1 atom stereocenters. The zero-order valence-corrected chi connectivity index (χ0v) is 12.4. The molecule has 2 heterocycles. The van der Waals surface area contributed by atoms with Crippen LogP contribution in [0.2, 0.25) is 5.02 Å². The Bertz CT molecular complexity index is 773. The van der Waals surface area contributed by atoms with Crippen molar-refractivity contribution >= 4 is 11.6 Å². The molecule has 0 bridgehead atoms. The van der Waals surface area contributed by atoms with Crippen LogP contribution in [0, 0.1) is 0 Å². The molecule has 0 saturated heterocycles. The van der Waals surface area contributed by atoms with Crippen LogP contribution in [0.15, 0.2) is 35.1 Å². The number of hydrogen-bond donors (Lipinski definition) is 1. The van der Waals surface area contributed by atoms with Gasteiger partial charge in [0.1, 0.15) is 0 Å². The fraction of sp³-hybridized carbons (Fsp3) is 0.312. The van der Waals surface area contributed by atoms with Crippen LogP contribution in [-0.2, 0) is 6.42 Å². The van der Waals surface area contributed by atoms with E-state index >= 15 is 0 Å². The molecule has 1 aromatic carbocycles. The van der Waals surface area contributed by atoms with E-state index in [1.165, 1.54) is 28.8 Å². The van der Waals surface area contributed by atoms with Gasteiger partial charge in [-0.25, -0.2) is 8.78 Å². The normalized spacial score (nSPS) is 17.0. The summed E-state index contributed by atoms with van der Waals surface area (Å²) in [4.78, 5) is 12.3. The number of benzene rings is 1. The van der Waals surface area contributed by atoms with Crippen LogP contribution in [0.1, 0.15) is 30.1 Å². The van der Waals surface area contributed by atoms with Crippen LogP contribution >= 0.6 is 11.6 Å². The summed E-state index contributed by atoms with van der Waals surface area (Å²) < 4.78 is 27.9. The highest BCUT2D eigenvalue weighted by atomic mass is 35.5. The summed E-state index contributed by atoms with van der Waals surface area (Å²) in [6, 6.07) is 6.97. The van der Waals surface area contributed by atoms with E-state index in [2.05, 4.69) is 0 Å². The van der Waals surface area contributed by atoms with Gasteiger partial charge >= 0.3 is 0 Å². The molecule has 0 unspecified atom stereocenters. The zero-order valence-electron chi connectivity index (χ0n) is 11.6. The highest BCUT2D eigenvalue weighted by Crippen LogP contribution is 2.34. The summed E-state index contributed by atoms with van der Waals surface area (Å²) in [5, 5.41) is 9.64. The maximum Gasteiger partial charge on any atom is 0.264 e. The van der Waals surface area contributed by atoms with Gasteiger partial charge in [-0.15, -0.1) is 0 Å². The summed E-state index contributed by atoms with van der Waals surface area (Å²) in [7, 11) is 0. The first kappa shape index (κ1) is 15.2. The summed E-state index contributed by atoms with van der Waals surface area (Å²) in [6.07, 6.45) is -1.33. The molecule has 0 aliphatic carbocycles. The minimum absolute atomic E-state index is 0.105. The molecule has 0 spiro atoms. The van der Waals surface area contributed by atoms with Gasteiger partial charge in [-0.3, -0.25) is 4.79 Å². The summed E-state index contributed by atoms with van der Waals surface area (Å²) in [5.74, 6) is 0. The maximum absolute atomic E-state index is 13.2. The molecule has 0 fully saturated rings. The van der Waals surface area contributed by atoms with Crippen molar-refractivity contribution in [3.8, 4) is 11.1 Å². The number of aliphatic hydroxyl groups excluding tert-OH is 1. The van der Waals surface area contributed by atoms with E-state index < -0.39 is 6.43 Å². The van der Waals surface area contributed by atoms with Gasteiger partial charge in [0.15, 0.2) is 0 Å². The fourth-order valence-electron chi connectivity index (χ4n) is 2.98. The fourth-order valence-corrected chi connectivity index (χ4v) is 3.15. The Kier molecular flexibility index (Phi) is 4.02. The number of aromatic nitrogens is 1. The van der Waals surface area contributed by atoms with Gasteiger partial charge in [0.25, 0.3) is 12.0 Å². The molecule has 2 aromatic rings. The Labute approximate surface area is 130 Å². The molecule has 22 heavy (non-hydrogen) atoms. The summed E-state index contributed by atoms with van der Waals surface area (Å²) in [6.45, 7) is -0.105. The molecular formula is C16H14ClF2NO2. The van der Waals surface area contributed by atoms with Crippen molar-refractivity contribution in [3.05, 3.63) is 57.0 Å². The zero-order chi connectivity index (χ0) is 15.9. The lowest BCUT2D eigenvalue weighted by Gasteiger charge is -2.14. The van der Waals surface area contributed by atoms with Gasteiger partial charge in [-0.05, 0) is 42.2 Å². The van der Waals surface area contributed by atoms with Crippen LogP contribution in [-0.4, -0.2) is 16.3 Å². The predicted octanol–water partition coefficient (Wildman–Crippen LogP) is 3.59. The molecular weight excluding hydrogens is 312 g/mol. The van der Waals surface area contributed by atoms with Crippen molar-refractivity contribution in [1.82, 2.24) is 4.57 Å². The van der Waals surface area contributed by atoms with Crippen molar-refractivity contribution in [2.45, 2.75) is 25.3 Å². The second kappa shape index (κ2) is 5.82. The molecule has 0 radical (unpaired) electrons. The number of alkyl halides is 2. The Morgan fingerprint density at radius 3 is 2.77 bits per heavy atom. The Morgan fingerprint density at radius 1 is 1.32 bits per heavy atom. The number of pyridine rings is 1. The van der Waals surface area contributed by atoms with E-state index in [1.54, 1.807) is 6.07 Å². The van der Waals surface area contributed by atoms with Gasteiger partial charge in [0, 0.05) is 22.3 Å². The highest BCUT2D eigenvalue weighted by molar-refractivity contribution is 6.30. The number of hydrogen-bond acceptors (Lipinski definition) is 2. The molecule has 0 amide bonds. The van der Waals surface area contributed by atoms with Crippen molar-refractivity contribution in [2.24, 2.45) is 0 Å². The molecule has 3 rings (SSSR count). The van der Waals surface area contributed by atoms with Gasteiger partial charge < -0.3 is 9.67 Å². The number of halogens is 3. The van der Waals surface area contributed by atoms with Crippen LogP contribution in [0.5, 0.6) is 0 Å². The number of fused-ring (bicyclic) bond motifs is 1. The van der Waals surface area contributed by atoms with Gasteiger partial charge in [0.05, 0.1) is 12.6 Å². The van der Waals surface area contributed by atoms with Crippen LogP contribution in [0.3, 0.4) is 0 Å². The van der Waals surface area contributed by atoms with E-state index in [4.69, 9.17) is 11.6 Å². The number of aliphatic hydroxyl groups is 1. The molecule has 1 aliphatic rings. The van der Waals surface area contributed by atoms with E-state index in [9.17, 15) is 18.7 Å². The number of aryl methyl sites for hydroxylation is 1. The minimum atomic E-state index is -2.64. The monoisotopic (exact) mass is 325 g/mol. The van der Waals surface area contributed by atoms with E-state index in [0.29, 0.717) is 23.4 Å². The third kappa shape index (κ3) is 2.55. The Balaban J connectivity index is 2.17. The first-order valence-electron chi connectivity index (χ1n) is 6.95. The van der Waals surface area contributed by atoms with Gasteiger partial charge in [-0.2, -0.15) is 0 Å². The first-order valence-corrected chi connectivity index (χ1v) is 7.33. The van der Waals surface area contributed by atoms with Gasteiger partial charge in [-0.1, -0.05) is 17.7 Å². The van der Waals surface area contributed by atoms with E-state index in [1.807, 2.05) is 0 Å². The van der Waals surface area contributed by atoms with Gasteiger partial charge in [0.2, 0.25) is 0 Å². The average molecular weight is 326 g/mol. The van der Waals surface area contributed by atoms with E-state index in [0.717, 1.165) is 5.69 Å². The molecule has 6 heteroatoms. The summed E-state index contributed by atoms with van der Waals surface area (Å²) >= 11 is 5.91. The standard InChI is InChI=1S/C16H14ClF2NO2/c17-10-1-4-13(16(18)19)14(7-10)9-5-11-2-3-12(8-21)20(11)15(22)6-9/h1,4-7,12,16,21H,2-3,8H2/t12-/m0/s1. The number of rotatable bonds is 3. The number of nitrogens with zero attached hydrogens (tertiary/aromatic N) is 1. The topological polar surface area (TPSA) is 42.2 Å². The van der Waals surface area contributed by atoms with Crippen LogP contribution in [0.4, 0.5) is 8.78 Å². The molecule has 0 saturated carbocycles. The Hall–Kier alpha value is -1.72. The molecule has 3 nitrogen and oxygen atoms in total. The maximum atomic E-state index is 13.2. The molecule has 1 N–H and O–H groups in total. The lowest BCUT2D eigenvalue weighted by molar-refractivity contribution is 0.152. The summed E-state index contributed by atoms with van der Waals surface area (Å²) in [5.41, 5.74) is 1.03. The predicted molar refractivity (Wildman–Crippen MR) is 80.5 cm³/mol. The third-order valence-corrected chi connectivity index (χ3v) is 4.25. The van der Waals surface area contributed by atoms with E-state index in [-0.39, 0.29) is 29.3 Å². The highest BCUT2D eigenvalue weighted by Gasteiger charge is 2.24. The van der Waals surface area contributed by atoms with Crippen molar-refractivity contribution in [3.63, 3.8) is 0 Å².